The Labute approximate surface area is 230 Å². The third-order valence-electron chi connectivity index (χ3n) is 7.14. The average Bonchev–Trinajstić information content (AvgIpc) is 2.97. The molecule has 0 unspecified atom stereocenters. The van der Waals surface area contributed by atoms with Crippen LogP contribution in [0.25, 0.3) is 0 Å². The van der Waals surface area contributed by atoms with E-state index in [-0.39, 0.29) is 30.1 Å². The summed E-state index contributed by atoms with van der Waals surface area (Å²) in [7, 11) is 1.62. The number of likely N-dealkylation sites (tertiary alicyclic amines) is 1. The number of ether oxygens (including phenoxy) is 2. The van der Waals surface area contributed by atoms with Gasteiger partial charge >= 0.3 is 5.97 Å². The van der Waals surface area contributed by atoms with Crippen LogP contribution in [0.3, 0.4) is 0 Å². The SMILES string of the molecule is CCOC(=O)C1CCN(C(=O)Cc2ccc(N(Cc3ccccc3OC)C(=O)c3ccc(C)cc3)cc2)CC1. The summed E-state index contributed by atoms with van der Waals surface area (Å²) in [6.45, 7) is 5.61. The molecule has 2 amide bonds. The Morgan fingerprint density at radius 3 is 2.23 bits per heavy atom. The lowest BCUT2D eigenvalue weighted by molar-refractivity contribution is -0.151. The minimum atomic E-state index is -0.168. The number of carbonyl (C=O) groups is 3. The molecule has 0 spiro atoms. The molecule has 39 heavy (non-hydrogen) atoms. The Hall–Kier alpha value is -4.13. The van der Waals surface area contributed by atoms with E-state index in [0.717, 1.165) is 22.4 Å². The Morgan fingerprint density at radius 1 is 0.923 bits per heavy atom. The van der Waals surface area contributed by atoms with Gasteiger partial charge in [-0.1, -0.05) is 48.0 Å². The molecule has 7 heteroatoms. The molecule has 1 aliphatic rings. The molecule has 3 aromatic rings. The van der Waals surface area contributed by atoms with E-state index in [0.29, 0.717) is 50.4 Å². The fraction of sp³-hybridized carbons (Fsp3) is 0.344. The van der Waals surface area contributed by atoms with Gasteiger partial charge in [0.25, 0.3) is 5.91 Å². The molecule has 1 aliphatic heterocycles. The smallest absolute Gasteiger partial charge is 0.309 e. The van der Waals surface area contributed by atoms with Gasteiger partial charge in [-0.05, 0) is 62.6 Å². The maximum absolute atomic E-state index is 13.6. The normalized spacial score (nSPS) is 13.6. The maximum atomic E-state index is 13.6. The van der Waals surface area contributed by atoms with E-state index < -0.39 is 0 Å². The summed E-state index contributed by atoms with van der Waals surface area (Å²) >= 11 is 0. The monoisotopic (exact) mass is 528 g/mol. The van der Waals surface area contributed by atoms with Crippen LogP contribution in [0.1, 0.15) is 46.8 Å². The molecule has 1 saturated heterocycles. The van der Waals surface area contributed by atoms with Crippen LogP contribution < -0.4 is 9.64 Å². The quantitative estimate of drug-likeness (QED) is 0.357. The fourth-order valence-corrected chi connectivity index (χ4v) is 4.84. The van der Waals surface area contributed by atoms with Gasteiger partial charge in [-0.15, -0.1) is 0 Å². The molecule has 0 aliphatic carbocycles. The van der Waals surface area contributed by atoms with Gasteiger partial charge < -0.3 is 19.3 Å². The highest BCUT2D eigenvalue weighted by Gasteiger charge is 2.28. The summed E-state index contributed by atoms with van der Waals surface area (Å²) < 4.78 is 10.7. The van der Waals surface area contributed by atoms with Crippen LogP contribution in [0.15, 0.2) is 72.8 Å². The maximum Gasteiger partial charge on any atom is 0.309 e. The molecule has 0 saturated carbocycles. The number of rotatable bonds is 9. The number of esters is 1. The molecule has 0 bridgehead atoms. The molecular formula is C32H36N2O5. The van der Waals surface area contributed by atoms with Crippen molar-refractivity contribution in [3.8, 4) is 5.75 Å². The lowest BCUT2D eigenvalue weighted by Crippen LogP contribution is -2.41. The van der Waals surface area contributed by atoms with Crippen LogP contribution in [0.5, 0.6) is 5.75 Å². The van der Waals surface area contributed by atoms with Gasteiger partial charge in [0.1, 0.15) is 5.75 Å². The molecule has 1 fully saturated rings. The molecule has 1 heterocycles. The van der Waals surface area contributed by atoms with Crippen molar-refractivity contribution >= 4 is 23.5 Å². The summed E-state index contributed by atoms with van der Waals surface area (Å²) in [6, 6.07) is 22.8. The van der Waals surface area contributed by atoms with E-state index in [1.54, 1.807) is 18.9 Å². The second kappa shape index (κ2) is 13.1. The second-order valence-electron chi connectivity index (χ2n) is 9.82. The predicted molar refractivity (Wildman–Crippen MR) is 151 cm³/mol. The zero-order chi connectivity index (χ0) is 27.8. The number of piperidine rings is 1. The second-order valence-corrected chi connectivity index (χ2v) is 9.82. The molecule has 3 aromatic carbocycles. The van der Waals surface area contributed by atoms with Gasteiger partial charge in [-0.2, -0.15) is 0 Å². The van der Waals surface area contributed by atoms with Gasteiger partial charge in [0.2, 0.25) is 5.91 Å². The topological polar surface area (TPSA) is 76.2 Å². The van der Waals surface area contributed by atoms with Gasteiger partial charge in [-0.3, -0.25) is 14.4 Å². The van der Waals surface area contributed by atoms with Crippen molar-refractivity contribution in [3.63, 3.8) is 0 Å². The van der Waals surface area contributed by atoms with Crippen molar-refractivity contribution in [1.29, 1.82) is 0 Å². The minimum Gasteiger partial charge on any atom is -0.496 e. The molecule has 0 radical (unpaired) electrons. The van der Waals surface area contributed by atoms with E-state index in [1.807, 2.05) is 84.6 Å². The first-order chi connectivity index (χ1) is 18.9. The Morgan fingerprint density at radius 2 is 1.59 bits per heavy atom. The van der Waals surface area contributed by atoms with Gasteiger partial charge in [0, 0.05) is 29.9 Å². The van der Waals surface area contributed by atoms with Crippen molar-refractivity contribution in [2.45, 2.75) is 39.7 Å². The Balaban J connectivity index is 1.48. The third-order valence-corrected chi connectivity index (χ3v) is 7.14. The minimum absolute atomic E-state index is 0.0340. The first-order valence-corrected chi connectivity index (χ1v) is 13.4. The third kappa shape index (κ3) is 7.05. The van der Waals surface area contributed by atoms with Crippen LogP contribution in [0.2, 0.25) is 0 Å². The number of methoxy groups -OCH3 is 1. The summed E-state index contributed by atoms with van der Waals surface area (Å²) in [6.07, 6.45) is 1.52. The first-order valence-electron chi connectivity index (χ1n) is 13.4. The number of aryl methyl sites for hydroxylation is 1. The number of benzene rings is 3. The van der Waals surface area contributed by atoms with E-state index in [1.165, 1.54) is 0 Å². The van der Waals surface area contributed by atoms with Gasteiger partial charge in [-0.25, -0.2) is 0 Å². The highest BCUT2D eigenvalue weighted by atomic mass is 16.5. The van der Waals surface area contributed by atoms with E-state index in [4.69, 9.17) is 9.47 Å². The van der Waals surface area contributed by atoms with E-state index in [9.17, 15) is 14.4 Å². The largest absolute Gasteiger partial charge is 0.496 e. The zero-order valence-corrected chi connectivity index (χ0v) is 22.9. The van der Waals surface area contributed by atoms with Crippen molar-refractivity contribution in [3.05, 3.63) is 95.1 Å². The van der Waals surface area contributed by atoms with E-state index in [2.05, 4.69) is 0 Å². The van der Waals surface area contributed by atoms with Crippen molar-refractivity contribution in [2.24, 2.45) is 5.92 Å². The van der Waals surface area contributed by atoms with Crippen LogP contribution in [-0.4, -0.2) is 49.5 Å². The molecule has 0 aromatic heterocycles. The molecule has 4 rings (SSSR count). The Bertz CT molecular complexity index is 1280. The van der Waals surface area contributed by atoms with E-state index >= 15 is 0 Å². The number of anilines is 1. The fourth-order valence-electron chi connectivity index (χ4n) is 4.84. The summed E-state index contributed by atoms with van der Waals surface area (Å²) in [5.74, 6) is 0.334. The number of para-hydroxylation sites is 1. The molecular weight excluding hydrogens is 492 g/mol. The molecule has 204 valence electrons. The number of amides is 2. The molecule has 0 atom stereocenters. The highest BCUT2D eigenvalue weighted by molar-refractivity contribution is 6.06. The summed E-state index contributed by atoms with van der Waals surface area (Å²) in [4.78, 5) is 42.1. The Kier molecular flexibility index (Phi) is 9.36. The lowest BCUT2D eigenvalue weighted by atomic mass is 9.96. The molecule has 0 N–H and O–H groups in total. The summed E-state index contributed by atoms with van der Waals surface area (Å²) in [5, 5.41) is 0. The summed E-state index contributed by atoms with van der Waals surface area (Å²) in [5.41, 5.74) is 4.18. The van der Waals surface area contributed by atoms with Crippen molar-refractivity contribution in [1.82, 2.24) is 4.90 Å². The molecule has 7 nitrogen and oxygen atoms in total. The zero-order valence-electron chi connectivity index (χ0n) is 22.9. The number of hydrogen-bond acceptors (Lipinski definition) is 5. The van der Waals surface area contributed by atoms with Gasteiger partial charge in [0.15, 0.2) is 0 Å². The van der Waals surface area contributed by atoms with Crippen molar-refractivity contribution < 1.29 is 23.9 Å². The first kappa shape index (κ1) is 27.9. The van der Waals surface area contributed by atoms with Gasteiger partial charge in [0.05, 0.1) is 32.6 Å². The van der Waals surface area contributed by atoms with Crippen molar-refractivity contribution in [2.75, 3.05) is 31.7 Å². The number of carbonyl (C=O) groups excluding carboxylic acids is 3. The lowest BCUT2D eigenvalue weighted by Gasteiger charge is -2.31. The average molecular weight is 529 g/mol. The van der Waals surface area contributed by atoms with Crippen LogP contribution in [0, 0.1) is 12.8 Å². The van der Waals surface area contributed by atoms with Crippen LogP contribution in [0.4, 0.5) is 5.69 Å². The number of nitrogens with zero attached hydrogens (tertiary/aromatic N) is 2. The predicted octanol–water partition coefficient (Wildman–Crippen LogP) is 5.19. The standard InChI is InChI=1S/C32H36N2O5/c1-4-39-32(37)26-17-19-33(20-18-26)30(35)21-24-11-15-28(16-12-24)34(22-27-7-5-6-8-29(27)38-3)31(36)25-13-9-23(2)10-14-25/h5-16,26H,4,17-22H2,1-3H3. The van der Waals surface area contributed by atoms with Crippen LogP contribution in [-0.2, 0) is 27.3 Å². The number of hydrogen-bond donors (Lipinski definition) is 0. The van der Waals surface area contributed by atoms with Crippen LogP contribution >= 0.6 is 0 Å². The highest BCUT2D eigenvalue weighted by Crippen LogP contribution is 2.26.